The average Bonchev–Trinajstić information content (AvgIpc) is 2.37. The van der Waals surface area contributed by atoms with Gasteiger partial charge in [-0.2, -0.15) is 0 Å². The molecule has 0 heterocycles. The highest BCUT2D eigenvalue weighted by molar-refractivity contribution is 5.63. The molecule has 1 aromatic carbocycles. The van der Waals surface area contributed by atoms with E-state index in [2.05, 4.69) is 69.9 Å². The Kier molecular flexibility index (Phi) is 5.46. The van der Waals surface area contributed by atoms with Crippen LogP contribution in [0.15, 0.2) is 30.3 Å². The van der Waals surface area contributed by atoms with Crippen LogP contribution in [0.2, 0.25) is 0 Å². The fourth-order valence-corrected chi connectivity index (χ4v) is 2.08. The molecular formula is C17H27NO. The number of anilines is 1. The molecule has 0 N–H and O–H groups in total. The van der Waals surface area contributed by atoms with Crippen molar-refractivity contribution in [2.24, 2.45) is 5.41 Å². The lowest BCUT2D eigenvalue weighted by molar-refractivity contribution is 0.361. The Hall–Kier alpha value is -1.44. The van der Waals surface area contributed by atoms with Crippen LogP contribution in [0, 0.1) is 5.41 Å². The summed E-state index contributed by atoms with van der Waals surface area (Å²) >= 11 is 0. The maximum absolute atomic E-state index is 5.51. The Morgan fingerprint density at radius 3 is 2.00 bits per heavy atom. The first-order valence-corrected chi connectivity index (χ1v) is 7.03. The van der Waals surface area contributed by atoms with E-state index in [0.29, 0.717) is 0 Å². The molecule has 0 amide bonds. The number of hydrogen-bond acceptors (Lipinski definition) is 2. The standard InChI is InChI=1S/C17H27NO/c1-7-18(8-2)15-11-9-14(10-12-15)16(19-6)13-17(3,4)5/h9-13H,7-8H2,1-6H3. The van der Waals surface area contributed by atoms with Gasteiger partial charge in [0.1, 0.15) is 5.76 Å². The first kappa shape index (κ1) is 15.6. The lowest BCUT2D eigenvalue weighted by Crippen LogP contribution is -2.21. The minimum absolute atomic E-state index is 0.114. The van der Waals surface area contributed by atoms with E-state index in [1.165, 1.54) is 5.69 Å². The van der Waals surface area contributed by atoms with Gasteiger partial charge in [-0.05, 0) is 49.6 Å². The van der Waals surface area contributed by atoms with Crippen molar-refractivity contribution < 1.29 is 4.74 Å². The number of methoxy groups -OCH3 is 1. The molecule has 0 aliphatic heterocycles. The van der Waals surface area contributed by atoms with E-state index in [1.807, 2.05) is 0 Å². The van der Waals surface area contributed by atoms with Gasteiger partial charge < -0.3 is 9.64 Å². The van der Waals surface area contributed by atoms with Gasteiger partial charge in [-0.15, -0.1) is 0 Å². The summed E-state index contributed by atoms with van der Waals surface area (Å²) in [6, 6.07) is 8.60. The van der Waals surface area contributed by atoms with Gasteiger partial charge in [-0.1, -0.05) is 20.8 Å². The lowest BCUT2D eigenvalue weighted by Gasteiger charge is -2.21. The molecule has 0 saturated carbocycles. The zero-order chi connectivity index (χ0) is 14.5. The van der Waals surface area contributed by atoms with Gasteiger partial charge in [0.05, 0.1) is 7.11 Å². The van der Waals surface area contributed by atoms with E-state index in [1.54, 1.807) is 7.11 Å². The molecule has 0 aliphatic carbocycles. The van der Waals surface area contributed by atoms with E-state index >= 15 is 0 Å². The summed E-state index contributed by atoms with van der Waals surface area (Å²) in [6.07, 6.45) is 2.17. The molecule has 1 aromatic rings. The second-order valence-corrected chi connectivity index (χ2v) is 5.80. The molecule has 0 aromatic heterocycles. The first-order chi connectivity index (χ1) is 8.91. The maximum Gasteiger partial charge on any atom is 0.122 e. The molecule has 0 fully saturated rings. The summed E-state index contributed by atoms with van der Waals surface area (Å²) in [7, 11) is 1.73. The quantitative estimate of drug-likeness (QED) is 0.720. The second-order valence-electron chi connectivity index (χ2n) is 5.80. The van der Waals surface area contributed by atoms with Crippen molar-refractivity contribution in [3.05, 3.63) is 35.9 Å². The number of hydrogen-bond donors (Lipinski definition) is 0. The smallest absolute Gasteiger partial charge is 0.122 e. The maximum atomic E-state index is 5.51. The van der Waals surface area contributed by atoms with Crippen molar-refractivity contribution >= 4 is 11.4 Å². The molecule has 2 nitrogen and oxygen atoms in total. The lowest BCUT2D eigenvalue weighted by atomic mass is 9.94. The molecule has 0 spiro atoms. The summed E-state index contributed by atoms with van der Waals surface area (Å²) in [6.45, 7) is 13.0. The third-order valence-electron chi connectivity index (χ3n) is 3.06. The van der Waals surface area contributed by atoms with Gasteiger partial charge in [-0.3, -0.25) is 0 Å². The van der Waals surface area contributed by atoms with E-state index in [0.717, 1.165) is 24.4 Å². The summed E-state index contributed by atoms with van der Waals surface area (Å²) in [5.74, 6) is 0.943. The first-order valence-electron chi connectivity index (χ1n) is 7.03. The normalized spacial score (nSPS) is 12.4. The van der Waals surface area contributed by atoms with Crippen molar-refractivity contribution in [1.82, 2.24) is 0 Å². The zero-order valence-electron chi connectivity index (χ0n) is 13.2. The minimum atomic E-state index is 0.114. The molecule has 0 radical (unpaired) electrons. The molecule has 0 atom stereocenters. The molecule has 0 aliphatic rings. The van der Waals surface area contributed by atoms with Crippen molar-refractivity contribution in [2.45, 2.75) is 34.6 Å². The molecule has 2 heteroatoms. The van der Waals surface area contributed by atoms with E-state index in [-0.39, 0.29) is 5.41 Å². The zero-order valence-corrected chi connectivity index (χ0v) is 13.2. The van der Waals surface area contributed by atoms with E-state index in [4.69, 9.17) is 4.74 Å². The monoisotopic (exact) mass is 261 g/mol. The summed E-state index contributed by atoms with van der Waals surface area (Å²) < 4.78 is 5.51. The molecule has 106 valence electrons. The Balaban J connectivity index is 3.00. The molecule has 0 saturated heterocycles. The molecule has 1 rings (SSSR count). The fraction of sp³-hybridized carbons (Fsp3) is 0.529. The van der Waals surface area contributed by atoms with Crippen molar-refractivity contribution in [1.29, 1.82) is 0 Å². The Bertz CT molecular complexity index is 408. The Morgan fingerprint density at radius 2 is 1.63 bits per heavy atom. The highest BCUT2D eigenvalue weighted by Gasteiger charge is 2.11. The van der Waals surface area contributed by atoms with E-state index < -0.39 is 0 Å². The molecule has 0 bridgehead atoms. The van der Waals surface area contributed by atoms with Gasteiger partial charge in [0, 0.05) is 24.3 Å². The molecule has 19 heavy (non-hydrogen) atoms. The second kappa shape index (κ2) is 6.65. The predicted octanol–water partition coefficient (Wildman–Crippen LogP) is 4.57. The number of nitrogens with zero attached hydrogens (tertiary/aromatic N) is 1. The van der Waals surface area contributed by atoms with E-state index in [9.17, 15) is 0 Å². The van der Waals surface area contributed by atoms with Gasteiger partial charge in [0.25, 0.3) is 0 Å². The van der Waals surface area contributed by atoms with Crippen LogP contribution in [0.5, 0.6) is 0 Å². The average molecular weight is 261 g/mol. The molecule has 0 unspecified atom stereocenters. The highest BCUT2D eigenvalue weighted by atomic mass is 16.5. The van der Waals surface area contributed by atoms with Crippen LogP contribution in [0.3, 0.4) is 0 Å². The van der Waals surface area contributed by atoms with Crippen molar-refractivity contribution in [3.63, 3.8) is 0 Å². The van der Waals surface area contributed by atoms with Gasteiger partial charge >= 0.3 is 0 Å². The van der Waals surface area contributed by atoms with Crippen LogP contribution in [0.4, 0.5) is 5.69 Å². The largest absolute Gasteiger partial charge is 0.496 e. The Labute approximate surface area is 118 Å². The third-order valence-corrected chi connectivity index (χ3v) is 3.06. The summed E-state index contributed by atoms with van der Waals surface area (Å²) in [5, 5.41) is 0. The number of benzene rings is 1. The van der Waals surface area contributed by atoms with Crippen LogP contribution < -0.4 is 4.90 Å². The Morgan fingerprint density at radius 1 is 1.11 bits per heavy atom. The highest BCUT2D eigenvalue weighted by Crippen LogP contribution is 2.25. The predicted molar refractivity (Wildman–Crippen MR) is 84.4 cm³/mol. The van der Waals surface area contributed by atoms with Crippen LogP contribution >= 0.6 is 0 Å². The van der Waals surface area contributed by atoms with Crippen molar-refractivity contribution in [2.75, 3.05) is 25.1 Å². The molecular weight excluding hydrogens is 234 g/mol. The summed E-state index contributed by atoms with van der Waals surface area (Å²) in [5.41, 5.74) is 2.51. The topological polar surface area (TPSA) is 12.5 Å². The van der Waals surface area contributed by atoms with Crippen molar-refractivity contribution in [3.8, 4) is 0 Å². The number of ether oxygens (including phenoxy) is 1. The van der Waals surface area contributed by atoms with Crippen LogP contribution in [0.25, 0.3) is 5.76 Å². The number of rotatable bonds is 5. The van der Waals surface area contributed by atoms with Gasteiger partial charge in [-0.25, -0.2) is 0 Å². The number of allylic oxidation sites excluding steroid dienone is 1. The van der Waals surface area contributed by atoms with Crippen LogP contribution in [-0.4, -0.2) is 20.2 Å². The third kappa shape index (κ3) is 4.62. The van der Waals surface area contributed by atoms with Crippen LogP contribution in [-0.2, 0) is 4.74 Å². The fourth-order valence-electron chi connectivity index (χ4n) is 2.08. The van der Waals surface area contributed by atoms with Gasteiger partial charge in [0.15, 0.2) is 0 Å². The minimum Gasteiger partial charge on any atom is -0.496 e. The van der Waals surface area contributed by atoms with Crippen LogP contribution in [0.1, 0.15) is 40.2 Å². The summed E-state index contributed by atoms with van der Waals surface area (Å²) in [4.78, 5) is 2.34. The SMILES string of the molecule is CCN(CC)c1ccc(C(=CC(C)(C)C)OC)cc1. The van der Waals surface area contributed by atoms with Gasteiger partial charge in [0.2, 0.25) is 0 Å².